The lowest BCUT2D eigenvalue weighted by Crippen LogP contribution is -2.27. The lowest BCUT2D eigenvalue weighted by molar-refractivity contribution is 0.0463. The Bertz CT molecular complexity index is 470. The second kappa shape index (κ2) is 9.30. The minimum Gasteiger partial charge on any atom is -0.507 e. The van der Waals surface area contributed by atoms with Crippen molar-refractivity contribution in [3.05, 3.63) is 23.8 Å². The van der Waals surface area contributed by atoms with Crippen molar-refractivity contribution in [3.8, 4) is 11.5 Å². The topological polar surface area (TPSA) is 59.0 Å². The Balaban J connectivity index is 2.55. The van der Waals surface area contributed by atoms with Crippen molar-refractivity contribution >= 4 is 5.97 Å². The zero-order valence-electron chi connectivity index (χ0n) is 14.0. The molecular formula is C17H27NO4. The van der Waals surface area contributed by atoms with Crippen LogP contribution in [-0.4, -0.2) is 48.8 Å². The molecular weight excluding hydrogens is 282 g/mol. The number of carbonyl (C=O) groups excluding carboxylic acids is 1. The molecule has 0 amide bonds. The number of ether oxygens (including phenoxy) is 2. The second-order valence-electron chi connectivity index (χ2n) is 5.55. The predicted molar refractivity (Wildman–Crippen MR) is 86.5 cm³/mol. The summed E-state index contributed by atoms with van der Waals surface area (Å²) >= 11 is 0. The van der Waals surface area contributed by atoms with E-state index in [1.807, 2.05) is 13.8 Å². The average Bonchev–Trinajstić information content (AvgIpc) is 2.49. The minimum atomic E-state index is -0.514. The zero-order chi connectivity index (χ0) is 16.5. The van der Waals surface area contributed by atoms with Gasteiger partial charge in [0.25, 0.3) is 0 Å². The molecule has 5 heteroatoms. The summed E-state index contributed by atoms with van der Waals surface area (Å²) in [5.74, 6) is 0.312. The van der Waals surface area contributed by atoms with Gasteiger partial charge in [-0.05, 0) is 31.1 Å². The van der Waals surface area contributed by atoms with E-state index in [1.165, 1.54) is 12.1 Å². The van der Waals surface area contributed by atoms with Gasteiger partial charge in [-0.2, -0.15) is 0 Å². The van der Waals surface area contributed by atoms with Gasteiger partial charge in [-0.15, -0.1) is 0 Å². The van der Waals surface area contributed by atoms with Crippen LogP contribution in [0.15, 0.2) is 18.2 Å². The van der Waals surface area contributed by atoms with Crippen LogP contribution in [0.1, 0.15) is 38.1 Å². The van der Waals surface area contributed by atoms with E-state index in [4.69, 9.17) is 9.47 Å². The summed E-state index contributed by atoms with van der Waals surface area (Å²) in [6, 6.07) is 4.65. The lowest BCUT2D eigenvalue weighted by Gasteiger charge is -2.17. The molecule has 0 radical (unpaired) electrons. The number of hydrogen-bond acceptors (Lipinski definition) is 5. The standard InChI is InChI=1S/C17H27NO4/c1-5-18(6-2)9-10-21-17(20)15-8-7-14(11-16(15)19)22-12-13(3)4/h7-8,11,13,19H,5-6,9-10,12H2,1-4H3. The van der Waals surface area contributed by atoms with E-state index in [2.05, 4.69) is 18.7 Å². The molecule has 0 atom stereocenters. The van der Waals surface area contributed by atoms with Crippen LogP contribution >= 0.6 is 0 Å². The van der Waals surface area contributed by atoms with Crippen LogP contribution in [0.3, 0.4) is 0 Å². The van der Waals surface area contributed by atoms with Gasteiger partial charge < -0.3 is 19.5 Å². The highest BCUT2D eigenvalue weighted by Gasteiger charge is 2.14. The van der Waals surface area contributed by atoms with Crippen molar-refractivity contribution in [2.75, 3.05) is 32.8 Å². The number of rotatable bonds is 9. The van der Waals surface area contributed by atoms with Gasteiger partial charge in [0.15, 0.2) is 0 Å². The number of benzene rings is 1. The van der Waals surface area contributed by atoms with Crippen molar-refractivity contribution in [1.82, 2.24) is 4.90 Å². The molecule has 0 heterocycles. The molecule has 124 valence electrons. The highest BCUT2D eigenvalue weighted by atomic mass is 16.5. The van der Waals surface area contributed by atoms with Crippen LogP contribution < -0.4 is 4.74 Å². The summed E-state index contributed by atoms with van der Waals surface area (Å²) in [6.45, 7) is 11.6. The van der Waals surface area contributed by atoms with Gasteiger partial charge in [0.2, 0.25) is 0 Å². The molecule has 1 rings (SSSR count). The Morgan fingerprint density at radius 1 is 1.27 bits per heavy atom. The Labute approximate surface area is 132 Å². The summed E-state index contributed by atoms with van der Waals surface area (Å²) < 4.78 is 10.7. The van der Waals surface area contributed by atoms with Crippen LogP contribution in [0.5, 0.6) is 11.5 Å². The van der Waals surface area contributed by atoms with Crippen molar-refractivity contribution in [2.45, 2.75) is 27.7 Å². The summed E-state index contributed by atoms with van der Waals surface area (Å²) in [7, 11) is 0. The number of likely N-dealkylation sites (N-methyl/N-ethyl adjacent to an activating group) is 1. The molecule has 0 bridgehead atoms. The van der Waals surface area contributed by atoms with E-state index in [1.54, 1.807) is 6.07 Å². The van der Waals surface area contributed by atoms with E-state index in [0.717, 1.165) is 13.1 Å². The van der Waals surface area contributed by atoms with Gasteiger partial charge in [0.1, 0.15) is 23.7 Å². The van der Waals surface area contributed by atoms with Crippen LogP contribution in [0, 0.1) is 5.92 Å². The maximum absolute atomic E-state index is 12.0. The largest absolute Gasteiger partial charge is 0.507 e. The Morgan fingerprint density at radius 2 is 1.95 bits per heavy atom. The lowest BCUT2D eigenvalue weighted by atomic mass is 10.2. The smallest absolute Gasteiger partial charge is 0.341 e. The summed E-state index contributed by atoms with van der Waals surface area (Å²) in [5, 5.41) is 9.94. The van der Waals surface area contributed by atoms with Crippen molar-refractivity contribution in [1.29, 1.82) is 0 Å². The SMILES string of the molecule is CCN(CC)CCOC(=O)c1ccc(OCC(C)C)cc1O. The molecule has 1 N–H and O–H groups in total. The molecule has 1 aromatic rings. The van der Waals surface area contributed by atoms with E-state index in [-0.39, 0.29) is 11.3 Å². The third kappa shape index (κ3) is 5.93. The summed E-state index contributed by atoms with van der Waals surface area (Å²) in [5.41, 5.74) is 0.163. The molecule has 1 aromatic carbocycles. The monoisotopic (exact) mass is 309 g/mol. The van der Waals surface area contributed by atoms with Crippen molar-refractivity contribution < 1.29 is 19.4 Å². The molecule has 0 spiro atoms. The molecule has 0 saturated carbocycles. The fraction of sp³-hybridized carbons (Fsp3) is 0.588. The Hall–Kier alpha value is -1.75. The number of hydrogen-bond donors (Lipinski definition) is 1. The minimum absolute atomic E-state index is 0.117. The first-order valence-corrected chi connectivity index (χ1v) is 7.83. The summed E-state index contributed by atoms with van der Waals surface area (Å²) in [6.07, 6.45) is 0. The number of carbonyl (C=O) groups is 1. The van der Waals surface area contributed by atoms with Gasteiger partial charge in [-0.1, -0.05) is 27.7 Å². The number of aromatic hydroxyl groups is 1. The van der Waals surface area contributed by atoms with Crippen LogP contribution in [-0.2, 0) is 4.74 Å². The number of nitrogens with zero attached hydrogens (tertiary/aromatic N) is 1. The number of phenolic OH excluding ortho intramolecular Hbond substituents is 1. The molecule has 0 aromatic heterocycles. The van der Waals surface area contributed by atoms with Gasteiger partial charge in [0, 0.05) is 12.6 Å². The average molecular weight is 309 g/mol. The maximum atomic E-state index is 12.0. The Kier molecular flexibility index (Phi) is 7.74. The fourth-order valence-corrected chi connectivity index (χ4v) is 1.92. The van der Waals surface area contributed by atoms with Gasteiger partial charge in [-0.25, -0.2) is 4.79 Å². The van der Waals surface area contributed by atoms with Crippen LogP contribution in [0.25, 0.3) is 0 Å². The van der Waals surface area contributed by atoms with E-state index in [9.17, 15) is 9.90 Å². The van der Waals surface area contributed by atoms with E-state index >= 15 is 0 Å². The third-order valence-electron chi connectivity index (χ3n) is 3.31. The first-order valence-electron chi connectivity index (χ1n) is 7.83. The van der Waals surface area contributed by atoms with Crippen LogP contribution in [0.4, 0.5) is 0 Å². The normalized spacial score (nSPS) is 11.0. The highest BCUT2D eigenvalue weighted by molar-refractivity contribution is 5.92. The summed E-state index contributed by atoms with van der Waals surface area (Å²) in [4.78, 5) is 14.1. The van der Waals surface area contributed by atoms with Gasteiger partial charge in [-0.3, -0.25) is 0 Å². The number of esters is 1. The molecule has 0 unspecified atom stereocenters. The van der Waals surface area contributed by atoms with Gasteiger partial charge in [0.05, 0.1) is 6.61 Å². The third-order valence-corrected chi connectivity index (χ3v) is 3.31. The van der Waals surface area contributed by atoms with Crippen molar-refractivity contribution in [2.24, 2.45) is 5.92 Å². The first kappa shape index (κ1) is 18.3. The van der Waals surface area contributed by atoms with Gasteiger partial charge >= 0.3 is 5.97 Å². The molecule has 0 saturated heterocycles. The number of phenols is 1. The molecule has 0 aliphatic carbocycles. The van der Waals surface area contributed by atoms with E-state index in [0.29, 0.717) is 31.4 Å². The quantitative estimate of drug-likeness (QED) is 0.711. The van der Waals surface area contributed by atoms with Crippen molar-refractivity contribution in [3.63, 3.8) is 0 Å². The van der Waals surface area contributed by atoms with E-state index < -0.39 is 5.97 Å². The fourth-order valence-electron chi connectivity index (χ4n) is 1.92. The zero-order valence-corrected chi connectivity index (χ0v) is 14.0. The molecule has 0 aliphatic heterocycles. The Morgan fingerprint density at radius 3 is 2.50 bits per heavy atom. The molecule has 22 heavy (non-hydrogen) atoms. The molecule has 5 nitrogen and oxygen atoms in total. The first-order chi connectivity index (χ1) is 10.5. The highest BCUT2D eigenvalue weighted by Crippen LogP contribution is 2.24. The van der Waals surface area contributed by atoms with Crippen LogP contribution in [0.2, 0.25) is 0 Å². The maximum Gasteiger partial charge on any atom is 0.341 e. The molecule has 0 fully saturated rings. The molecule has 0 aliphatic rings. The predicted octanol–water partition coefficient (Wildman–Crippen LogP) is 2.93. The second-order valence-corrected chi connectivity index (χ2v) is 5.55.